The Balaban J connectivity index is 3.47. The Morgan fingerprint density at radius 2 is 1.80 bits per heavy atom. The lowest BCUT2D eigenvalue weighted by Gasteiger charge is -2.13. The molecule has 1 rings (SSSR count). The van der Waals surface area contributed by atoms with E-state index in [1.165, 1.54) is 0 Å². The van der Waals surface area contributed by atoms with Crippen LogP contribution in [0.3, 0.4) is 0 Å². The average Bonchev–Trinajstić information content (AvgIpc) is 2.06. The van der Waals surface area contributed by atoms with E-state index < -0.39 is 35.4 Å². The van der Waals surface area contributed by atoms with Crippen molar-refractivity contribution < 1.29 is 26.3 Å². The Labute approximate surface area is 79.7 Å². The largest absolute Gasteiger partial charge is 0.433 e. The number of anilines is 1. The van der Waals surface area contributed by atoms with Gasteiger partial charge < -0.3 is 5.73 Å². The van der Waals surface area contributed by atoms with Crippen molar-refractivity contribution in [1.82, 2.24) is 4.98 Å². The van der Waals surface area contributed by atoms with Gasteiger partial charge in [0.2, 0.25) is 0 Å². The predicted octanol–water partition coefficient (Wildman–Crippen LogP) is 2.76. The summed E-state index contributed by atoms with van der Waals surface area (Å²) < 4.78 is 73.5. The molecule has 0 aromatic carbocycles. The molecular formula is C7H4F6N2. The fourth-order valence-corrected chi connectivity index (χ4v) is 0.963. The fraction of sp³-hybridized carbons (Fsp3) is 0.286. The Bertz CT molecular complexity index is 372. The minimum Gasteiger partial charge on any atom is -0.396 e. The normalized spacial score (nSPS) is 12.2. The maximum atomic E-state index is 12.6. The van der Waals surface area contributed by atoms with Crippen LogP contribution in [0.25, 0.3) is 0 Å². The minimum atomic E-state index is -5.09. The number of aromatic nitrogens is 1. The van der Waals surface area contributed by atoms with Crippen molar-refractivity contribution in [2.45, 2.75) is 12.6 Å². The Morgan fingerprint density at radius 3 is 2.20 bits per heavy atom. The first kappa shape index (κ1) is 11.6. The molecule has 0 aliphatic heterocycles. The van der Waals surface area contributed by atoms with E-state index >= 15 is 0 Å². The topological polar surface area (TPSA) is 38.9 Å². The molecule has 0 amide bonds. The van der Waals surface area contributed by atoms with Crippen LogP contribution >= 0.6 is 0 Å². The number of pyridine rings is 1. The number of nitrogens with zero attached hydrogens (tertiary/aromatic N) is 1. The highest BCUT2D eigenvalue weighted by molar-refractivity contribution is 5.50. The van der Waals surface area contributed by atoms with E-state index in [4.69, 9.17) is 5.73 Å². The third-order valence-electron chi connectivity index (χ3n) is 1.60. The molecule has 0 aliphatic carbocycles. The molecule has 1 aromatic rings. The van der Waals surface area contributed by atoms with Crippen LogP contribution in [-0.2, 0) is 6.18 Å². The molecule has 2 nitrogen and oxygen atoms in total. The standard InChI is InChI=1S/C7H4F6N2/c8-2-1-15-5(7(11,12)13)3(4(2)14)6(9)10/h1,6H,(H2,14,15). The smallest absolute Gasteiger partial charge is 0.396 e. The molecular weight excluding hydrogens is 226 g/mol. The number of halogens is 6. The first-order chi connectivity index (χ1) is 6.75. The summed E-state index contributed by atoms with van der Waals surface area (Å²) in [4.78, 5) is 2.57. The van der Waals surface area contributed by atoms with Gasteiger partial charge in [0, 0.05) is 0 Å². The monoisotopic (exact) mass is 230 g/mol. The SMILES string of the molecule is Nc1c(F)cnc(C(F)(F)F)c1C(F)F. The molecule has 0 fully saturated rings. The highest BCUT2D eigenvalue weighted by atomic mass is 19.4. The van der Waals surface area contributed by atoms with Crippen molar-refractivity contribution in [3.05, 3.63) is 23.3 Å². The van der Waals surface area contributed by atoms with Crippen LogP contribution in [-0.4, -0.2) is 4.98 Å². The molecule has 0 bridgehead atoms. The molecule has 8 heteroatoms. The van der Waals surface area contributed by atoms with Gasteiger partial charge >= 0.3 is 6.18 Å². The molecule has 0 radical (unpaired) electrons. The summed E-state index contributed by atoms with van der Waals surface area (Å²) in [5.41, 5.74) is 0.0696. The highest BCUT2D eigenvalue weighted by Crippen LogP contribution is 2.38. The summed E-state index contributed by atoms with van der Waals surface area (Å²) in [6.45, 7) is 0. The highest BCUT2D eigenvalue weighted by Gasteiger charge is 2.39. The quantitative estimate of drug-likeness (QED) is 0.753. The molecule has 15 heavy (non-hydrogen) atoms. The van der Waals surface area contributed by atoms with Gasteiger partial charge in [0.1, 0.15) is 0 Å². The number of hydrogen-bond donors (Lipinski definition) is 1. The van der Waals surface area contributed by atoms with Crippen LogP contribution < -0.4 is 5.73 Å². The number of nitrogens with two attached hydrogens (primary N) is 1. The van der Waals surface area contributed by atoms with Crippen LogP contribution in [0.4, 0.5) is 32.0 Å². The van der Waals surface area contributed by atoms with Crippen molar-refractivity contribution in [1.29, 1.82) is 0 Å². The van der Waals surface area contributed by atoms with Crippen molar-refractivity contribution in [2.75, 3.05) is 5.73 Å². The van der Waals surface area contributed by atoms with Gasteiger partial charge in [-0.2, -0.15) is 13.2 Å². The second-order valence-corrected chi connectivity index (χ2v) is 2.58. The third-order valence-corrected chi connectivity index (χ3v) is 1.60. The summed E-state index contributed by atoms with van der Waals surface area (Å²) in [7, 11) is 0. The first-order valence-electron chi connectivity index (χ1n) is 3.54. The second-order valence-electron chi connectivity index (χ2n) is 2.58. The summed E-state index contributed by atoms with van der Waals surface area (Å²) >= 11 is 0. The molecule has 0 saturated heterocycles. The lowest BCUT2D eigenvalue weighted by atomic mass is 10.1. The molecule has 0 unspecified atom stereocenters. The molecule has 84 valence electrons. The van der Waals surface area contributed by atoms with Gasteiger partial charge in [-0.15, -0.1) is 0 Å². The molecule has 2 N–H and O–H groups in total. The van der Waals surface area contributed by atoms with Crippen LogP contribution in [0, 0.1) is 5.82 Å². The van der Waals surface area contributed by atoms with E-state index in [1.807, 2.05) is 0 Å². The molecule has 0 atom stereocenters. The van der Waals surface area contributed by atoms with Gasteiger partial charge in [-0.25, -0.2) is 18.2 Å². The Morgan fingerprint density at radius 1 is 1.27 bits per heavy atom. The van der Waals surface area contributed by atoms with Crippen molar-refractivity contribution in [2.24, 2.45) is 0 Å². The van der Waals surface area contributed by atoms with E-state index in [9.17, 15) is 26.3 Å². The van der Waals surface area contributed by atoms with Crippen LogP contribution in [0.1, 0.15) is 17.7 Å². The lowest BCUT2D eigenvalue weighted by molar-refractivity contribution is -0.143. The zero-order valence-corrected chi connectivity index (χ0v) is 6.95. The summed E-state index contributed by atoms with van der Waals surface area (Å²) in [5.74, 6) is -1.40. The van der Waals surface area contributed by atoms with Gasteiger partial charge in [0.05, 0.1) is 17.4 Å². The van der Waals surface area contributed by atoms with Gasteiger partial charge in [-0.1, -0.05) is 0 Å². The summed E-state index contributed by atoms with van der Waals surface area (Å²) in [6.07, 6.45) is -8.47. The maximum Gasteiger partial charge on any atom is 0.433 e. The second kappa shape index (κ2) is 3.59. The number of nitrogen functional groups attached to an aromatic ring is 1. The average molecular weight is 230 g/mol. The van der Waals surface area contributed by atoms with E-state index in [2.05, 4.69) is 4.98 Å². The van der Waals surface area contributed by atoms with Gasteiger partial charge in [0.25, 0.3) is 6.43 Å². The molecule has 0 saturated carbocycles. The van der Waals surface area contributed by atoms with E-state index in [1.54, 1.807) is 0 Å². The third kappa shape index (κ3) is 2.13. The molecule has 0 spiro atoms. The maximum absolute atomic E-state index is 12.6. The summed E-state index contributed by atoms with van der Waals surface area (Å²) in [5, 5.41) is 0. The zero-order valence-electron chi connectivity index (χ0n) is 6.95. The van der Waals surface area contributed by atoms with Crippen LogP contribution in [0.15, 0.2) is 6.20 Å². The predicted molar refractivity (Wildman–Crippen MR) is 38.6 cm³/mol. The molecule has 1 aromatic heterocycles. The molecule has 0 aliphatic rings. The Hall–Kier alpha value is -1.47. The Kier molecular flexibility index (Phi) is 2.78. The van der Waals surface area contributed by atoms with Crippen LogP contribution in [0.2, 0.25) is 0 Å². The fourth-order valence-electron chi connectivity index (χ4n) is 0.963. The van der Waals surface area contributed by atoms with Gasteiger partial charge in [-0.3, -0.25) is 0 Å². The zero-order chi connectivity index (χ0) is 11.8. The van der Waals surface area contributed by atoms with Gasteiger partial charge in [-0.05, 0) is 0 Å². The van der Waals surface area contributed by atoms with E-state index in [0.717, 1.165) is 0 Å². The van der Waals surface area contributed by atoms with Crippen molar-refractivity contribution in [3.63, 3.8) is 0 Å². The number of hydrogen-bond acceptors (Lipinski definition) is 2. The number of rotatable bonds is 1. The van der Waals surface area contributed by atoms with Gasteiger partial charge in [0.15, 0.2) is 11.5 Å². The first-order valence-corrected chi connectivity index (χ1v) is 3.54. The van der Waals surface area contributed by atoms with E-state index in [-0.39, 0.29) is 6.20 Å². The minimum absolute atomic E-state index is 0.157. The van der Waals surface area contributed by atoms with Crippen LogP contribution in [0.5, 0.6) is 0 Å². The molecule has 1 heterocycles. The van der Waals surface area contributed by atoms with E-state index in [0.29, 0.717) is 0 Å². The van der Waals surface area contributed by atoms with Crippen molar-refractivity contribution >= 4 is 5.69 Å². The summed E-state index contributed by atoms with van der Waals surface area (Å²) in [6, 6.07) is 0. The lowest BCUT2D eigenvalue weighted by Crippen LogP contribution is -2.15. The number of alkyl halides is 5. The van der Waals surface area contributed by atoms with Crippen molar-refractivity contribution in [3.8, 4) is 0 Å².